The number of anilines is 4. The number of piperazine rings is 1. The van der Waals surface area contributed by atoms with Crippen molar-refractivity contribution in [3.05, 3.63) is 107 Å². The number of halogens is 2. The molecule has 3 aromatic heterocycles. The van der Waals surface area contributed by atoms with Crippen molar-refractivity contribution in [2.45, 2.75) is 6.92 Å². The molecule has 9 nitrogen and oxygen atoms in total. The fourth-order valence-corrected chi connectivity index (χ4v) is 6.60. The number of benzene rings is 3. The van der Waals surface area contributed by atoms with Crippen molar-refractivity contribution in [2.24, 2.45) is 0 Å². The zero-order chi connectivity index (χ0) is 31.6. The molecule has 1 aliphatic heterocycles. The van der Waals surface area contributed by atoms with E-state index in [0.717, 1.165) is 54.6 Å². The molecule has 0 saturated carbocycles. The Morgan fingerprint density at radius 2 is 1.78 bits per heavy atom. The third kappa shape index (κ3) is 6.04. The highest BCUT2D eigenvalue weighted by Crippen LogP contribution is 2.35. The summed E-state index contributed by atoms with van der Waals surface area (Å²) < 4.78 is 16.4. The number of aromatic nitrogens is 4. The third-order valence-electron chi connectivity index (χ3n) is 8.05. The van der Waals surface area contributed by atoms with Crippen LogP contribution in [0.1, 0.15) is 17.3 Å². The Bertz CT molecular complexity index is 2000. The summed E-state index contributed by atoms with van der Waals surface area (Å²) in [5.41, 5.74) is 5.26. The molecule has 2 N–H and O–H groups in total. The molecule has 0 aliphatic carbocycles. The zero-order valence-electron chi connectivity index (χ0n) is 25.0. The van der Waals surface area contributed by atoms with Crippen LogP contribution in [0, 0.1) is 5.82 Å². The van der Waals surface area contributed by atoms with Gasteiger partial charge >= 0.3 is 0 Å². The van der Waals surface area contributed by atoms with Crippen LogP contribution < -0.4 is 15.5 Å². The summed E-state index contributed by atoms with van der Waals surface area (Å²) >= 11 is 7.63. The smallest absolute Gasteiger partial charge is 0.260 e. The Kier molecular flexibility index (Phi) is 8.35. The summed E-state index contributed by atoms with van der Waals surface area (Å²) in [4.78, 5) is 32.8. The van der Waals surface area contributed by atoms with Crippen LogP contribution in [0.3, 0.4) is 0 Å². The SMILES string of the molecule is CCN1CCN(c2ccc(Nc3nccc(-c4c(-c5cccc(NC(=O)c6c(F)cccc6Cl)c5)nc5sccn45)n3)cc2)CC1. The van der Waals surface area contributed by atoms with E-state index in [-0.39, 0.29) is 10.6 Å². The van der Waals surface area contributed by atoms with E-state index in [4.69, 9.17) is 21.6 Å². The molecule has 0 atom stereocenters. The fraction of sp³-hybridized carbons (Fsp3) is 0.176. The van der Waals surface area contributed by atoms with Gasteiger partial charge in [-0.05, 0) is 61.1 Å². The van der Waals surface area contributed by atoms with Crippen LogP contribution in [0.2, 0.25) is 5.02 Å². The van der Waals surface area contributed by atoms with Crippen LogP contribution in [-0.4, -0.2) is 62.9 Å². The first kappa shape index (κ1) is 29.8. The molecule has 1 amide bonds. The molecule has 12 heteroatoms. The highest BCUT2D eigenvalue weighted by atomic mass is 35.5. The van der Waals surface area contributed by atoms with Crippen molar-refractivity contribution < 1.29 is 9.18 Å². The van der Waals surface area contributed by atoms with E-state index in [1.54, 1.807) is 18.3 Å². The minimum absolute atomic E-state index is 0.0415. The van der Waals surface area contributed by atoms with E-state index in [1.807, 2.05) is 46.3 Å². The molecule has 3 aromatic carbocycles. The van der Waals surface area contributed by atoms with Gasteiger partial charge in [-0.3, -0.25) is 9.20 Å². The van der Waals surface area contributed by atoms with Crippen molar-refractivity contribution in [3.63, 3.8) is 0 Å². The molecule has 1 aliphatic rings. The van der Waals surface area contributed by atoms with Crippen molar-refractivity contribution in [3.8, 4) is 22.6 Å². The molecule has 7 rings (SSSR count). The summed E-state index contributed by atoms with van der Waals surface area (Å²) in [6.07, 6.45) is 3.67. The molecule has 0 radical (unpaired) electrons. The van der Waals surface area contributed by atoms with Gasteiger partial charge < -0.3 is 20.4 Å². The topological polar surface area (TPSA) is 90.7 Å². The normalized spacial score (nSPS) is 13.7. The van der Waals surface area contributed by atoms with Gasteiger partial charge in [0, 0.05) is 66.6 Å². The van der Waals surface area contributed by atoms with Gasteiger partial charge in [0.05, 0.1) is 22.0 Å². The van der Waals surface area contributed by atoms with Crippen LogP contribution in [-0.2, 0) is 0 Å². The van der Waals surface area contributed by atoms with Gasteiger partial charge in [0.2, 0.25) is 5.95 Å². The Balaban J connectivity index is 1.14. The second kappa shape index (κ2) is 12.9. The second-order valence-corrected chi connectivity index (χ2v) is 12.1. The van der Waals surface area contributed by atoms with Crippen LogP contribution in [0.4, 0.5) is 27.4 Å². The molecule has 1 fully saturated rings. The van der Waals surface area contributed by atoms with Gasteiger partial charge in [-0.15, -0.1) is 11.3 Å². The number of carbonyl (C=O) groups excluding carboxylic acids is 1. The number of carbonyl (C=O) groups is 1. The van der Waals surface area contributed by atoms with Gasteiger partial charge in [0.1, 0.15) is 11.5 Å². The minimum Gasteiger partial charge on any atom is -0.369 e. The monoisotopic (exact) mass is 652 g/mol. The number of thiazole rings is 1. The molecule has 0 bridgehead atoms. The Morgan fingerprint density at radius 3 is 2.57 bits per heavy atom. The van der Waals surface area contributed by atoms with Gasteiger partial charge in [0.25, 0.3) is 5.91 Å². The predicted molar refractivity (Wildman–Crippen MR) is 183 cm³/mol. The summed E-state index contributed by atoms with van der Waals surface area (Å²) in [7, 11) is 0. The number of hydrogen-bond acceptors (Lipinski definition) is 8. The van der Waals surface area contributed by atoms with Crippen LogP contribution >= 0.6 is 22.9 Å². The molecule has 1 saturated heterocycles. The van der Waals surface area contributed by atoms with E-state index >= 15 is 0 Å². The molecular weight excluding hydrogens is 623 g/mol. The second-order valence-electron chi connectivity index (χ2n) is 10.9. The van der Waals surface area contributed by atoms with Crippen LogP contribution in [0.15, 0.2) is 90.6 Å². The lowest BCUT2D eigenvalue weighted by Gasteiger charge is -2.35. The molecule has 232 valence electrons. The number of rotatable bonds is 8. The number of likely N-dealkylation sites (N-methyl/N-ethyl adjacent to an activating group) is 1. The molecule has 6 aromatic rings. The lowest BCUT2D eigenvalue weighted by molar-refractivity contribution is 0.102. The zero-order valence-corrected chi connectivity index (χ0v) is 26.5. The van der Waals surface area contributed by atoms with E-state index < -0.39 is 11.7 Å². The maximum atomic E-state index is 14.4. The largest absolute Gasteiger partial charge is 0.369 e. The molecule has 0 unspecified atom stereocenters. The van der Waals surface area contributed by atoms with Crippen LogP contribution in [0.25, 0.3) is 27.6 Å². The third-order valence-corrected chi connectivity index (χ3v) is 9.12. The number of amides is 1. The quantitative estimate of drug-likeness (QED) is 0.177. The molecule has 46 heavy (non-hydrogen) atoms. The Hall–Kier alpha value is -4.84. The average molecular weight is 653 g/mol. The van der Waals surface area contributed by atoms with Crippen molar-refractivity contribution in [1.82, 2.24) is 24.3 Å². The van der Waals surface area contributed by atoms with Gasteiger partial charge in [-0.25, -0.2) is 19.3 Å². The van der Waals surface area contributed by atoms with Crippen molar-refractivity contribution >= 4 is 56.8 Å². The molecular formula is C34H30ClFN8OS. The van der Waals surface area contributed by atoms with Gasteiger partial charge in [-0.2, -0.15) is 0 Å². The number of imidazole rings is 1. The lowest BCUT2D eigenvalue weighted by Crippen LogP contribution is -2.46. The number of fused-ring (bicyclic) bond motifs is 1. The Morgan fingerprint density at radius 1 is 0.978 bits per heavy atom. The Labute approximate surface area is 274 Å². The lowest BCUT2D eigenvalue weighted by atomic mass is 10.1. The standard InChI is InChI=1S/C34H30ClFN8OS/c1-2-42-15-17-43(18-16-42)25-11-9-23(10-12-25)39-33-37-14-13-28(40-33)31-30(41-34-44(31)19-20-46-34)22-5-3-6-24(21-22)38-32(45)29-26(35)7-4-8-27(29)36/h3-14,19-21H,2,15-18H2,1H3,(H,38,45)(H,37,39,40). The highest BCUT2D eigenvalue weighted by Gasteiger charge is 2.21. The highest BCUT2D eigenvalue weighted by molar-refractivity contribution is 7.15. The number of hydrogen-bond donors (Lipinski definition) is 2. The van der Waals surface area contributed by atoms with E-state index in [9.17, 15) is 9.18 Å². The van der Waals surface area contributed by atoms with E-state index in [2.05, 4.69) is 44.5 Å². The first-order valence-corrected chi connectivity index (χ1v) is 16.2. The average Bonchev–Trinajstić information content (AvgIpc) is 3.67. The van der Waals surface area contributed by atoms with Crippen LogP contribution in [0.5, 0.6) is 0 Å². The maximum absolute atomic E-state index is 14.4. The summed E-state index contributed by atoms with van der Waals surface area (Å²) in [5.74, 6) is -0.863. The fourth-order valence-electron chi connectivity index (χ4n) is 5.64. The number of nitrogens with zero attached hydrogens (tertiary/aromatic N) is 6. The van der Waals surface area contributed by atoms with Crippen molar-refractivity contribution in [1.29, 1.82) is 0 Å². The first-order chi connectivity index (χ1) is 22.5. The van der Waals surface area contributed by atoms with Gasteiger partial charge in [-0.1, -0.05) is 36.7 Å². The van der Waals surface area contributed by atoms with E-state index in [0.29, 0.717) is 23.0 Å². The summed E-state index contributed by atoms with van der Waals surface area (Å²) in [6.45, 7) is 7.49. The van der Waals surface area contributed by atoms with Gasteiger partial charge in [0.15, 0.2) is 4.96 Å². The maximum Gasteiger partial charge on any atom is 0.260 e. The molecule has 0 spiro atoms. The number of nitrogens with one attached hydrogen (secondary N) is 2. The first-order valence-electron chi connectivity index (χ1n) is 15.0. The minimum atomic E-state index is -0.688. The molecule has 4 heterocycles. The van der Waals surface area contributed by atoms with Crippen molar-refractivity contribution in [2.75, 3.05) is 48.3 Å². The van der Waals surface area contributed by atoms with E-state index in [1.165, 1.54) is 35.2 Å². The summed E-state index contributed by atoms with van der Waals surface area (Å²) in [5, 5.41) is 8.12. The summed E-state index contributed by atoms with van der Waals surface area (Å²) in [6, 6.07) is 21.6. The predicted octanol–water partition coefficient (Wildman–Crippen LogP) is 7.45.